The molecule has 4 rings (SSSR count). The van der Waals surface area contributed by atoms with E-state index in [1.54, 1.807) is 0 Å². The number of amides is 2. The topological polar surface area (TPSA) is 79.3 Å². The zero-order valence-electron chi connectivity index (χ0n) is 20.6. The minimum Gasteiger partial charge on any atom is -0.355 e. The summed E-state index contributed by atoms with van der Waals surface area (Å²) in [4.78, 5) is 27.8. The molecule has 0 spiro atoms. The number of halogens is 1. The van der Waals surface area contributed by atoms with Crippen LogP contribution in [0.25, 0.3) is 5.69 Å². The summed E-state index contributed by atoms with van der Waals surface area (Å²) in [5.41, 5.74) is 4.09. The molecule has 2 aromatic carbocycles. The predicted molar refractivity (Wildman–Crippen MR) is 142 cm³/mol. The number of aromatic nitrogens is 2. The number of aryl methyl sites for hydroxylation is 2. The number of rotatable bonds is 6. The van der Waals surface area contributed by atoms with Crippen LogP contribution in [0.1, 0.15) is 37.9 Å². The van der Waals surface area contributed by atoms with Crippen molar-refractivity contribution in [3.05, 3.63) is 64.8 Å². The van der Waals surface area contributed by atoms with Crippen molar-refractivity contribution >= 4 is 40.6 Å². The van der Waals surface area contributed by atoms with Crippen LogP contribution < -0.4 is 15.5 Å². The molecular weight excluding hydrogens is 462 g/mol. The van der Waals surface area contributed by atoms with E-state index in [-0.39, 0.29) is 23.7 Å². The lowest BCUT2D eigenvalue weighted by atomic mass is 9.95. The minimum atomic E-state index is -0.148. The van der Waals surface area contributed by atoms with Crippen molar-refractivity contribution in [2.45, 2.75) is 40.5 Å². The van der Waals surface area contributed by atoms with E-state index in [2.05, 4.69) is 15.5 Å². The van der Waals surface area contributed by atoms with Gasteiger partial charge in [-0.2, -0.15) is 5.10 Å². The average Bonchev–Trinajstić information content (AvgIpc) is 3.17. The number of hydrogen-bond donors (Lipinski definition) is 2. The summed E-state index contributed by atoms with van der Waals surface area (Å²) < 4.78 is 1.89. The van der Waals surface area contributed by atoms with Crippen LogP contribution in [-0.2, 0) is 9.59 Å². The second kappa shape index (κ2) is 10.5. The lowest BCUT2D eigenvalue weighted by Gasteiger charge is -2.33. The Morgan fingerprint density at radius 2 is 1.71 bits per heavy atom. The molecule has 2 heterocycles. The van der Waals surface area contributed by atoms with Crippen LogP contribution in [-0.4, -0.2) is 34.7 Å². The molecule has 0 unspecified atom stereocenters. The standard InChI is InChI=1S/C27H32ClN5O2/c1-17(2)25(34)30-24-19(4)31-33(21-8-6-5-7-9-21)27(24)32-14-12-20(13-15-32)26(35)29-23-11-10-18(3)16-22(23)28/h5-11,16-17,20H,12-15H2,1-4H3,(H,29,35)(H,30,34). The maximum absolute atomic E-state index is 13.0. The van der Waals surface area contributed by atoms with Crippen molar-refractivity contribution in [3.8, 4) is 5.69 Å². The van der Waals surface area contributed by atoms with Crippen LogP contribution in [0.3, 0.4) is 0 Å². The van der Waals surface area contributed by atoms with Gasteiger partial charge in [0.25, 0.3) is 0 Å². The fraction of sp³-hybridized carbons (Fsp3) is 0.370. The molecule has 1 saturated heterocycles. The van der Waals surface area contributed by atoms with Gasteiger partial charge in [0.1, 0.15) is 5.69 Å². The molecule has 184 valence electrons. The van der Waals surface area contributed by atoms with Gasteiger partial charge in [-0.3, -0.25) is 9.59 Å². The van der Waals surface area contributed by atoms with E-state index in [1.807, 2.05) is 80.9 Å². The van der Waals surface area contributed by atoms with Gasteiger partial charge in [0.05, 0.1) is 22.1 Å². The van der Waals surface area contributed by atoms with E-state index >= 15 is 0 Å². The van der Waals surface area contributed by atoms with Gasteiger partial charge in [-0.1, -0.05) is 49.7 Å². The van der Waals surface area contributed by atoms with Crippen LogP contribution in [0.4, 0.5) is 17.2 Å². The molecule has 0 atom stereocenters. The Morgan fingerprint density at radius 3 is 2.34 bits per heavy atom. The Hall–Kier alpha value is -3.32. The van der Waals surface area contributed by atoms with Crippen molar-refractivity contribution in [1.82, 2.24) is 9.78 Å². The number of para-hydroxylation sites is 1. The van der Waals surface area contributed by atoms with Crippen LogP contribution in [0, 0.1) is 25.7 Å². The largest absolute Gasteiger partial charge is 0.355 e. The van der Waals surface area contributed by atoms with E-state index in [0.29, 0.717) is 36.6 Å². The number of piperidine rings is 1. The second-order valence-electron chi connectivity index (χ2n) is 9.41. The quantitative estimate of drug-likeness (QED) is 0.469. The number of nitrogens with one attached hydrogen (secondary N) is 2. The van der Waals surface area contributed by atoms with Crippen molar-refractivity contribution in [3.63, 3.8) is 0 Å². The summed E-state index contributed by atoms with van der Waals surface area (Å²) in [5, 5.41) is 11.4. The van der Waals surface area contributed by atoms with Crippen LogP contribution in [0.15, 0.2) is 48.5 Å². The van der Waals surface area contributed by atoms with Gasteiger partial charge in [0, 0.05) is 24.9 Å². The highest BCUT2D eigenvalue weighted by molar-refractivity contribution is 6.33. The van der Waals surface area contributed by atoms with Crippen molar-refractivity contribution < 1.29 is 9.59 Å². The molecule has 2 amide bonds. The van der Waals surface area contributed by atoms with Crippen LogP contribution in [0.5, 0.6) is 0 Å². The average molecular weight is 494 g/mol. The van der Waals surface area contributed by atoms with E-state index in [4.69, 9.17) is 16.7 Å². The first kappa shape index (κ1) is 24.8. The van der Waals surface area contributed by atoms with E-state index in [1.165, 1.54) is 0 Å². The number of hydrogen-bond acceptors (Lipinski definition) is 4. The van der Waals surface area contributed by atoms with Crippen LogP contribution >= 0.6 is 11.6 Å². The maximum Gasteiger partial charge on any atom is 0.227 e. The molecule has 35 heavy (non-hydrogen) atoms. The Bertz CT molecular complexity index is 1210. The molecule has 1 aromatic heterocycles. The Balaban J connectivity index is 1.55. The van der Waals surface area contributed by atoms with Crippen LogP contribution in [0.2, 0.25) is 5.02 Å². The number of nitrogens with zero attached hydrogens (tertiary/aromatic N) is 3. The predicted octanol–water partition coefficient (Wildman–Crippen LogP) is 5.59. The molecule has 2 N–H and O–H groups in total. The lowest BCUT2D eigenvalue weighted by Crippen LogP contribution is -2.39. The van der Waals surface area contributed by atoms with Crippen molar-refractivity contribution in [2.75, 3.05) is 28.6 Å². The number of carbonyl (C=O) groups is 2. The molecule has 0 bridgehead atoms. The monoisotopic (exact) mass is 493 g/mol. The highest BCUT2D eigenvalue weighted by atomic mass is 35.5. The molecule has 0 saturated carbocycles. The minimum absolute atomic E-state index is 0.0171. The van der Waals surface area contributed by atoms with Gasteiger partial charge in [0.15, 0.2) is 5.82 Å². The first-order chi connectivity index (χ1) is 16.7. The second-order valence-corrected chi connectivity index (χ2v) is 9.82. The Morgan fingerprint density at radius 1 is 1.03 bits per heavy atom. The molecule has 8 heteroatoms. The molecular formula is C27H32ClN5O2. The summed E-state index contributed by atoms with van der Waals surface area (Å²) in [6.45, 7) is 8.95. The third kappa shape index (κ3) is 5.51. The zero-order valence-corrected chi connectivity index (χ0v) is 21.4. The van der Waals surface area contributed by atoms with Gasteiger partial charge in [0.2, 0.25) is 11.8 Å². The fourth-order valence-corrected chi connectivity index (χ4v) is 4.56. The van der Waals surface area contributed by atoms with E-state index < -0.39 is 0 Å². The van der Waals surface area contributed by atoms with Gasteiger partial charge in [-0.25, -0.2) is 4.68 Å². The summed E-state index contributed by atoms with van der Waals surface area (Å²) in [5.74, 6) is 0.516. The highest BCUT2D eigenvalue weighted by Gasteiger charge is 2.30. The summed E-state index contributed by atoms with van der Waals surface area (Å²) >= 11 is 6.31. The molecule has 0 aliphatic carbocycles. The molecule has 1 aliphatic heterocycles. The van der Waals surface area contributed by atoms with Gasteiger partial charge >= 0.3 is 0 Å². The molecule has 0 radical (unpaired) electrons. The summed E-state index contributed by atoms with van der Waals surface area (Å²) in [6.07, 6.45) is 1.37. The van der Waals surface area contributed by atoms with Crippen molar-refractivity contribution in [2.24, 2.45) is 11.8 Å². The molecule has 7 nitrogen and oxygen atoms in total. The Kier molecular flexibility index (Phi) is 7.45. The third-order valence-corrected chi connectivity index (χ3v) is 6.67. The number of anilines is 3. The molecule has 1 fully saturated rings. The van der Waals surface area contributed by atoms with Gasteiger partial charge in [-0.05, 0) is 56.5 Å². The molecule has 1 aliphatic rings. The number of benzene rings is 2. The smallest absolute Gasteiger partial charge is 0.227 e. The lowest BCUT2D eigenvalue weighted by molar-refractivity contribution is -0.120. The summed E-state index contributed by atoms with van der Waals surface area (Å²) in [6, 6.07) is 15.5. The third-order valence-electron chi connectivity index (χ3n) is 6.36. The van der Waals surface area contributed by atoms with Gasteiger partial charge in [-0.15, -0.1) is 0 Å². The first-order valence-electron chi connectivity index (χ1n) is 12.0. The fourth-order valence-electron chi connectivity index (χ4n) is 4.28. The first-order valence-corrected chi connectivity index (χ1v) is 12.4. The highest BCUT2D eigenvalue weighted by Crippen LogP contribution is 2.35. The molecule has 3 aromatic rings. The summed E-state index contributed by atoms with van der Waals surface area (Å²) in [7, 11) is 0. The van der Waals surface area contributed by atoms with E-state index in [9.17, 15) is 9.59 Å². The van der Waals surface area contributed by atoms with E-state index in [0.717, 1.165) is 28.5 Å². The Labute approximate surface area is 211 Å². The zero-order chi connectivity index (χ0) is 25.1. The normalized spacial score (nSPS) is 14.3. The number of carbonyl (C=O) groups excluding carboxylic acids is 2. The SMILES string of the molecule is Cc1ccc(NC(=O)C2CCN(c3c(NC(=O)C(C)C)c(C)nn3-c3ccccc3)CC2)c(Cl)c1. The maximum atomic E-state index is 13.0. The van der Waals surface area contributed by atoms with Gasteiger partial charge < -0.3 is 15.5 Å². The van der Waals surface area contributed by atoms with Crippen molar-refractivity contribution in [1.29, 1.82) is 0 Å².